The number of nitrogens with one attached hydrogen (secondary N) is 1. The zero-order valence-electron chi connectivity index (χ0n) is 13.3. The molecule has 0 saturated carbocycles. The molecular weight excluding hydrogens is 284 g/mol. The zero-order chi connectivity index (χ0) is 15.7. The molecule has 0 atom stereocenters. The fourth-order valence-corrected chi connectivity index (χ4v) is 3.30. The minimum absolute atomic E-state index is 0.0662. The van der Waals surface area contributed by atoms with Crippen LogP contribution in [0, 0.1) is 0 Å². The van der Waals surface area contributed by atoms with Gasteiger partial charge in [-0.05, 0) is 25.7 Å². The topological polar surface area (TPSA) is 62.8 Å². The molecule has 0 amide bonds. The van der Waals surface area contributed by atoms with Crippen molar-refractivity contribution in [2.75, 3.05) is 5.75 Å². The molecule has 1 aromatic heterocycles. The number of aryl methyl sites for hydroxylation is 2. The third-order valence-corrected chi connectivity index (χ3v) is 4.98. The van der Waals surface area contributed by atoms with Gasteiger partial charge < -0.3 is 4.98 Å². The summed E-state index contributed by atoms with van der Waals surface area (Å²) in [5.74, 6) is -0.0662. The van der Waals surface area contributed by atoms with E-state index < -0.39 is 9.84 Å². The predicted octanol–water partition coefficient (Wildman–Crippen LogP) is 3.83. The minimum atomic E-state index is -3.36. The summed E-state index contributed by atoms with van der Waals surface area (Å²) in [5.41, 5.74) is 1.93. The van der Waals surface area contributed by atoms with E-state index in [0.29, 0.717) is 0 Å². The van der Waals surface area contributed by atoms with Gasteiger partial charge in [0.05, 0.1) is 11.4 Å². The number of unbranched alkanes of at least 4 members (excludes halogenated alkanes) is 4. The van der Waals surface area contributed by atoms with Crippen molar-refractivity contribution < 1.29 is 8.42 Å². The number of aromatic amines is 1. The van der Waals surface area contributed by atoms with Gasteiger partial charge in [-0.15, -0.1) is 6.58 Å². The first-order valence-corrected chi connectivity index (χ1v) is 9.61. The quantitative estimate of drug-likeness (QED) is 0.499. The molecule has 120 valence electrons. The highest BCUT2D eigenvalue weighted by molar-refractivity contribution is 7.91. The van der Waals surface area contributed by atoms with Gasteiger partial charge in [-0.3, -0.25) is 0 Å². The maximum Gasteiger partial charge on any atom is 0.225 e. The molecule has 0 saturated heterocycles. The van der Waals surface area contributed by atoms with Gasteiger partial charge in [-0.2, -0.15) is 0 Å². The van der Waals surface area contributed by atoms with E-state index in [1.54, 1.807) is 0 Å². The highest BCUT2D eigenvalue weighted by Crippen LogP contribution is 2.17. The Kier molecular flexibility index (Phi) is 7.72. The van der Waals surface area contributed by atoms with Gasteiger partial charge >= 0.3 is 0 Å². The van der Waals surface area contributed by atoms with Gasteiger partial charge in [0.1, 0.15) is 0 Å². The lowest BCUT2D eigenvalue weighted by atomic mass is 10.1. The Morgan fingerprint density at radius 2 is 1.71 bits per heavy atom. The number of rotatable bonds is 11. The van der Waals surface area contributed by atoms with E-state index in [9.17, 15) is 8.42 Å². The van der Waals surface area contributed by atoms with Crippen LogP contribution in [-0.4, -0.2) is 24.1 Å². The molecule has 1 heterocycles. The first kappa shape index (κ1) is 18.0. The molecule has 1 aromatic rings. The lowest BCUT2D eigenvalue weighted by Gasteiger charge is -2.01. The standard InChI is InChI=1S/C16H28N2O2S/c1-4-7-9-11-14-15(12-10-8-5-2)18-16(17-14)21(19,20)13-6-3/h6H,3-5,7-13H2,1-2H3,(H,17,18). The monoisotopic (exact) mass is 312 g/mol. The third kappa shape index (κ3) is 5.65. The Bertz CT molecular complexity index is 505. The summed E-state index contributed by atoms with van der Waals surface area (Å²) in [6.45, 7) is 7.82. The van der Waals surface area contributed by atoms with Crippen molar-refractivity contribution in [3.8, 4) is 0 Å². The van der Waals surface area contributed by atoms with Crippen LogP contribution in [0.3, 0.4) is 0 Å². The van der Waals surface area contributed by atoms with E-state index in [2.05, 4.69) is 30.4 Å². The van der Waals surface area contributed by atoms with E-state index in [-0.39, 0.29) is 10.9 Å². The van der Waals surface area contributed by atoms with Crippen LogP contribution in [0.5, 0.6) is 0 Å². The molecule has 0 aliphatic rings. The zero-order valence-corrected chi connectivity index (χ0v) is 14.1. The van der Waals surface area contributed by atoms with Crippen LogP contribution in [0.15, 0.2) is 17.8 Å². The normalized spacial score (nSPS) is 11.7. The minimum Gasteiger partial charge on any atom is -0.332 e. The van der Waals surface area contributed by atoms with Crippen LogP contribution in [0.2, 0.25) is 0 Å². The third-order valence-electron chi connectivity index (χ3n) is 3.52. The number of H-pyrrole nitrogens is 1. The van der Waals surface area contributed by atoms with E-state index in [1.807, 2.05) is 0 Å². The lowest BCUT2D eigenvalue weighted by Crippen LogP contribution is -2.06. The summed E-state index contributed by atoms with van der Waals surface area (Å²) in [4.78, 5) is 7.41. The molecule has 0 unspecified atom stereocenters. The second-order valence-corrected chi connectivity index (χ2v) is 7.40. The number of sulfone groups is 1. The SMILES string of the molecule is C=CCS(=O)(=O)c1nc(CCCCC)c(CCCCC)[nH]1. The van der Waals surface area contributed by atoms with Crippen molar-refractivity contribution in [3.05, 3.63) is 24.0 Å². The Morgan fingerprint density at radius 3 is 2.29 bits per heavy atom. The molecule has 21 heavy (non-hydrogen) atoms. The molecule has 0 aliphatic heterocycles. The van der Waals surface area contributed by atoms with Crippen molar-refractivity contribution in [2.45, 2.75) is 70.4 Å². The first-order valence-electron chi connectivity index (χ1n) is 7.96. The highest BCUT2D eigenvalue weighted by atomic mass is 32.2. The summed E-state index contributed by atoms with van der Waals surface area (Å²) in [6.07, 6.45) is 9.88. The maximum atomic E-state index is 12.1. The van der Waals surface area contributed by atoms with Crippen molar-refractivity contribution >= 4 is 9.84 Å². The number of aromatic nitrogens is 2. The van der Waals surface area contributed by atoms with E-state index in [1.165, 1.54) is 6.08 Å². The fourth-order valence-electron chi connectivity index (χ4n) is 2.31. The van der Waals surface area contributed by atoms with Crippen LogP contribution in [0.1, 0.15) is 63.8 Å². The number of hydrogen-bond acceptors (Lipinski definition) is 3. The van der Waals surface area contributed by atoms with Crippen molar-refractivity contribution in [2.24, 2.45) is 0 Å². The molecule has 0 bridgehead atoms. The Morgan fingerprint density at radius 1 is 1.10 bits per heavy atom. The van der Waals surface area contributed by atoms with Crippen LogP contribution in [0.25, 0.3) is 0 Å². The van der Waals surface area contributed by atoms with Crippen molar-refractivity contribution in [1.82, 2.24) is 9.97 Å². The summed E-state index contributed by atoms with van der Waals surface area (Å²) >= 11 is 0. The molecule has 0 aromatic carbocycles. The molecule has 0 spiro atoms. The molecule has 0 radical (unpaired) electrons. The summed E-state index contributed by atoms with van der Waals surface area (Å²) in [7, 11) is -3.36. The molecule has 0 aliphatic carbocycles. The van der Waals surface area contributed by atoms with Gasteiger partial charge in [0, 0.05) is 5.69 Å². The highest BCUT2D eigenvalue weighted by Gasteiger charge is 2.20. The van der Waals surface area contributed by atoms with Crippen LogP contribution >= 0.6 is 0 Å². The molecular formula is C16H28N2O2S. The van der Waals surface area contributed by atoms with Crippen molar-refractivity contribution in [3.63, 3.8) is 0 Å². The maximum absolute atomic E-state index is 12.1. The summed E-state index contributed by atoms with van der Waals surface area (Å²) < 4.78 is 24.2. The largest absolute Gasteiger partial charge is 0.332 e. The molecule has 0 fully saturated rings. The van der Waals surface area contributed by atoms with Gasteiger partial charge in [0.2, 0.25) is 15.0 Å². The van der Waals surface area contributed by atoms with Gasteiger partial charge in [0.25, 0.3) is 0 Å². The van der Waals surface area contributed by atoms with E-state index >= 15 is 0 Å². The smallest absolute Gasteiger partial charge is 0.225 e. The number of hydrogen-bond donors (Lipinski definition) is 1. The molecule has 4 nitrogen and oxygen atoms in total. The molecule has 5 heteroatoms. The number of nitrogens with zero attached hydrogens (tertiary/aromatic N) is 1. The lowest BCUT2D eigenvalue weighted by molar-refractivity contribution is 0.591. The van der Waals surface area contributed by atoms with E-state index in [0.717, 1.165) is 62.8 Å². The average Bonchev–Trinajstić information content (AvgIpc) is 2.84. The van der Waals surface area contributed by atoms with Gasteiger partial charge in [0.15, 0.2) is 0 Å². The fraction of sp³-hybridized carbons (Fsp3) is 0.688. The molecule has 1 N–H and O–H groups in total. The second-order valence-electron chi connectivity index (χ2n) is 5.45. The summed E-state index contributed by atoms with van der Waals surface area (Å²) in [6, 6.07) is 0. The second kappa shape index (κ2) is 9.03. The molecule has 1 rings (SSSR count). The average molecular weight is 312 g/mol. The Balaban J connectivity index is 2.91. The van der Waals surface area contributed by atoms with Gasteiger partial charge in [-0.25, -0.2) is 13.4 Å². The van der Waals surface area contributed by atoms with Crippen LogP contribution < -0.4 is 0 Å². The van der Waals surface area contributed by atoms with Crippen molar-refractivity contribution in [1.29, 1.82) is 0 Å². The Labute approximate surface area is 129 Å². The number of imidazole rings is 1. The van der Waals surface area contributed by atoms with Crippen LogP contribution in [-0.2, 0) is 22.7 Å². The Hall–Kier alpha value is -1.10. The first-order chi connectivity index (χ1) is 10.0. The van der Waals surface area contributed by atoms with Crippen LogP contribution in [0.4, 0.5) is 0 Å². The van der Waals surface area contributed by atoms with E-state index in [4.69, 9.17) is 0 Å². The predicted molar refractivity (Wildman–Crippen MR) is 87.3 cm³/mol. The summed E-state index contributed by atoms with van der Waals surface area (Å²) in [5, 5.41) is 0.111. The van der Waals surface area contributed by atoms with Gasteiger partial charge in [-0.1, -0.05) is 45.6 Å².